The molecule has 0 aliphatic carbocycles. The summed E-state index contributed by atoms with van der Waals surface area (Å²) in [6, 6.07) is 3.93. The van der Waals surface area contributed by atoms with Crippen LogP contribution in [0.4, 0.5) is 0 Å². The zero-order chi connectivity index (χ0) is 31.6. The topological polar surface area (TPSA) is 92.5 Å². The number of thiazole rings is 1. The van der Waals surface area contributed by atoms with E-state index in [4.69, 9.17) is 5.11 Å². The van der Waals surface area contributed by atoms with E-state index in [1.165, 1.54) is 21.6 Å². The third-order valence-corrected chi connectivity index (χ3v) is 7.48. The molecule has 4 aromatic rings. The third kappa shape index (κ3) is 13.6. The molecule has 41 heavy (non-hydrogen) atoms. The van der Waals surface area contributed by atoms with E-state index in [2.05, 4.69) is 115 Å². The summed E-state index contributed by atoms with van der Waals surface area (Å²) >= 11 is 1.78. The van der Waals surface area contributed by atoms with Gasteiger partial charge in [0.15, 0.2) is 0 Å². The number of aliphatic hydroxyl groups excluding tert-OH is 1. The zero-order valence-electron chi connectivity index (χ0n) is 27.9. The third-order valence-electron chi connectivity index (χ3n) is 6.14. The summed E-state index contributed by atoms with van der Waals surface area (Å²) in [5, 5.41) is 20.8. The molecule has 0 spiro atoms. The Hall–Kier alpha value is -2.84. The standard InChI is InChI=1S/C10H15NO.C8H14N2.C8H13NS.C7H12N2/c1-10(2,3)8-4-5-11-9(6-8)7-12;1-8(2,3)7-5-9-10(4)6-7;1-6-9-5-7(10-6)8(2,3)4;1-7(2,3)6-4-8-9-5-6/h4-6,12H,7H2,1-3H3;5-6H,1-4H3;5H,1-4H3;4-5H,1-3H3,(H,8,9). The van der Waals surface area contributed by atoms with Gasteiger partial charge >= 0.3 is 0 Å². The van der Waals surface area contributed by atoms with Crippen LogP contribution in [0.15, 0.2) is 49.3 Å². The molecule has 0 saturated carbocycles. The van der Waals surface area contributed by atoms with Crippen molar-refractivity contribution in [2.75, 3.05) is 0 Å². The SMILES string of the molecule is CC(C)(C)c1ccnc(CO)c1.CC(C)(C)c1cn[nH]c1.Cc1ncc(C(C)(C)C)s1.Cn1cc(C(C)(C)C)cn1. The van der Waals surface area contributed by atoms with Gasteiger partial charge < -0.3 is 5.11 Å². The van der Waals surface area contributed by atoms with Gasteiger partial charge in [-0.05, 0) is 57.4 Å². The Labute approximate surface area is 252 Å². The van der Waals surface area contributed by atoms with Gasteiger partial charge in [0.2, 0.25) is 0 Å². The number of pyridine rings is 1. The van der Waals surface area contributed by atoms with Gasteiger partial charge in [0.1, 0.15) is 0 Å². The van der Waals surface area contributed by atoms with Crippen LogP contribution in [0.1, 0.15) is 115 Å². The smallest absolute Gasteiger partial charge is 0.0896 e. The van der Waals surface area contributed by atoms with Gasteiger partial charge in [0.05, 0.1) is 29.7 Å². The molecule has 0 bridgehead atoms. The first-order valence-corrected chi connectivity index (χ1v) is 14.9. The maximum atomic E-state index is 8.87. The van der Waals surface area contributed by atoms with Crippen molar-refractivity contribution in [1.82, 2.24) is 29.9 Å². The lowest BCUT2D eigenvalue weighted by Crippen LogP contribution is -2.11. The number of nitrogens with one attached hydrogen (secondary N) is 1. The number of aryl methyl sites for hydroxylation is 2. The number of hydrogen-bond acceptors (Lipinski definition) is 6. The average Bonchev–Trinajstić information content (AvgIpc) is 3.61. The predicted molar refractivity (Wildman–Crippen MR) is 174 cm³/mol. The van der Waals surface area contributed by atoms with E-state index in [0.717, 1.165) is 10.7 Å². The number of aromatic amines is 1. The van der Waals surface area contributed by atoms with Gasteiger partial charge in [-0.15, -0.1) is 11.3 Å². The van der Waals surface area contributed by atoms with E-state index < -0.39 is 0 Å². The van der Waals surface area contributed by atoms with Gasteiger partial charge in [-0.2, -0.15) is 10.2 Å². The van der Waals surface area contributed by atoms with E-state index in [9.17, 15) is 0 Å². The fourth-order valence-electron chi connectivity index (χ4n) is 3.21. The highest BCUT2D eigenvalue weighted by atomic mass is 32.1. The molecule has 4 heterocycles. The fourth-order valence-corrected chi connectivity index (χ4v) is 4.04. The van der Waals surface area contributed by atoms with E-state index in [-0.39, 0.29) is 28.3 Å². The van der Waals surface area contributed by atoms with E-state index in [0.29, 0.717) is 0 Å². The number of hydrogen-bond donors (Lipinski definition) is 2. The van der Waals surface area contributed by atoms with Crippen LogP contribution in [0.2, 0.25) is 0 Å². The van der Waals surface area contributed by atoms with Crippen LogP contribution < -0.4 is 0 Å². The molecule has 4 rings (SSSR count). The van der Waals surface area contributed by atoms with Crippen molar-refractivity contribution < 1.29 is 5.11 Å². The second kappa shape index (κ2) is 14.9. The molecule has 0 atom stereocenters. The van der Waals surface area contributed by atoms with Crippen molar-refractivity contribution in [3.63, 3.8) is 0 Å². The molecule has 0 aromatic carbocycles. The maximum absolute atomic E-state index is 8.87. The van der Waals surface area contributed by atoms with E-state index >= 15 is 0 Å². The van der Waals surface area contributed by atoms with Crippen LogP contribution in [-0.2, 0) is 35.3 Å². The van der Waals surface area contributed by atoms with Crippen molar-refractivity contribution >= 4 is 11.3 Å². The second-order valence-corrected chi connectivity index (χ2v) is 15.6. The molecule has 0 radical (unpaired) electrons. The summed E-state index contributed by atoms with van der Waals surface area (Å²) in [6.45, 7) is 28.2. The Morgan fingerprint density at radius 1 is 0.780 bits per heavy atom. The molecule has 0 aliphatic rings. The quantitative estimate of drug-likeness (QED) is 0.237. The highest BCUT2D eigenvalue weighted by molar-refractivity contribution is 7.11. The summed E-state index contributed by atoms with van der Waals surface area (Å²) in [4.78, 5) is 9.59. The number of rotatable bonds is 1. The first-order chi connectivity index (χ1) is 18.6. The average molecular weight is 583 g/mol. The van der Waals surface area contributed by atoms with E-state index in [1.807, 2.05) is 55.6 Å². The Balaban J connectivity index is 0.000000275. The Bertz CT molecular complexity index is 1230. The van der Waals surface area contributed by atoms with Crippen LogP contribution in [0, 0.1) is 6.92 Å². The molecule has 0 unspecified atom stereocenters. The molecule has 0 amide bonds. The van der Waals surface area contributed by atoms with Crippen LogP contribution in [-0.4, -0.2) is 35.1 Å². The Morgan fingerprint density at radius 2 is 1.37 bits per heavy atom. The fraction of sp³-hybridized carbons (Fsp3) is 0.576. The lowest BCUT2D eigenvalue weighted by atomic mass is 9.87. The van der Waals surface area contributed by atoms with Gasteiger partial charge in [0.25, 0.3) is 0 Å². The number of H-pyrrole nitrogens is 1. The molecular formula is C33H54N6OS. The van der Waals surface area contributed by atoms with Crippen LogP contribution in [0.25, 0.3) is 0 Å². The van der Waals surface area contributed by atoms with Gasteiger partial charge in [-0.3, -0.25) is 14.8 Å². The molecular weight excluding hydrogens is 528 g/mol. The highest BCUT2D eigenvalue weighted by Crippen LogP contribution is 2.27. The van der Waals surface area contributed by atoms with Gasteiger partial charge in [0, 0.05) is 36.7 Å². The first-order valence-electron chi connectivity index (χ1n) is 14.1. The molecule has 0 fully saturated rings. The lowest BCUT2D eigenvalue weighted by molar-refractivity contribution is 0.276. The molecule has 8 heteroatoms. The maximum Gasteiger partial charge on any atom is 0.0896 e. The number of nitrogens with zero attached hydrogens (tertiary/aromatic N) is 5. The normalized spacial score (nSPS) is 11.9. The minimum atomic E-state index is 0.0178. The van der Waals surface area contributed by atoms with Crippen LogP contribution in [0.3, 0.4) is 0 Å². The molecule has 0 aliphatic heterocycles. The predicted octanol–water partition coefficient (Wildman–Crippen LogP) is 8.05. The summed E-state index contributed by atoms with van der Waals surface area (Å²) in [6.07, 6.45) is 11.5. The van der Waals surface area contributed by atoms with Gasteiger partial charge in [-0.25, -0.2) is 4.98 Å². The Morgan fingerprint density at radius 3 is 1.66 bits per heavy atom. The minimum absolute atomic E-state index is 0.0178. The molecule has 228 valence electrons. The summed E-state index contributed by atoms with van der Waals surface area (Å²) in [5.74, 6) is 0. The monoisotopic (exact) mass is 582 g/mol. The highest BCUT2D eigenvalue weighted by Gasteiger charge is 2.16. The van der Waals surface area contributed by atoms with Crippen LogP contribution in [0.5, 0.6) is 0 Å². The molecule has 2 N–H and O–H groups in total. The summed E-state index contributed by atoms with van der Waals surface area (Å²) < 4.78 is 1.83. The van der Waals surface area contributed by atoms with Crippen molar-refractivity contribution in [1.29, 1.82) is 0 Å². The summed E-state index contributed by atoms with van der Waals surface area (Å²) in [5.41, 5.74) is 5.35. The van der Waals surface area contributed by atoms with Crippen molar-refractivity contribution in [2.24, 2.45) is 7.05 Å². The molecule has 0 saturated heterocycles. The van der Waals surface area contributed by atoms with Gasteiger partial charge in [-0.1, -0.05) is 83.1 Å². The lowest BCUT2D eigenvalue weighted by Gasteiger charge is -2.18. The van der Waals surface area contributed by atoms with Crippen LogP contribution >= 0.6 is 11.3 Å². The van der Waals surface area contributed by atoms with Crippen molar-refractivity contribution in [2.45, 2.75) is 118 Å². The minimum Gasteiger partial charge on any atom is -0.390 e. The van der Waals surface area contributed by atoms with E-state index in [1.54, 1.807) is 17.5 Å². The zero-order valence-corrected chi connectivity index (χ0v) is 28.7. The molecule has 7 nitrogen and oxygen atoms in total. The summed E-state index contributed by atoms with van der Waals surface area (Å²) in [7, 11) is 1.94. The largest absolute Gasteiger partial charge is 0.390 e. The first kappa shape index (κ1) is 36.2. The molecule has 4 aromatic heterocycles. The second-order valence-electron chi connectivity index (χ2n) is 14.3. The van der Waals surface area contributed by atoms with Crippen molar-refractivity contribution in [3.8, 4) is 0 Å². The number of aliphatic hydroxyl groups is 1. The van der Waals surface area contributed by atoms with Crippen molar-refractivity contribution in [3.05, 3.63) is 81.6 Å². The number of aromatic nitrogens is 6. The Kier molecular flexibility index (Phi) is 13.1.